The fourth-order valence-corrected chi connectivity index (χ4v) is 1.42. The highest BCUT2D eigenvalue weighted by Gasteiger charge is 2.52. The number of hydrogen-bond acceptors (Lipinski definition) is 5. The van der Waals surface area contributed by atoms with Crippen molar-refractivity contribution in [2.24, 2.45) is 11.3 Å². The van der Waals surface area contributed by atoms with Crippen LogP contribution in [-0.4, -0.2) is 32.4 Å². The molecule has 0 heterocycles. The van der Waals surface area contributed by atoms with Gasteiger partial charge in [0, 0.05) is 12.3 Å². The molecule has 0 aromatic rings. The fourth-order valence-electron chi connectivity index (χ4n) is 1.42. The summed E-state index contributed by atoms with van der Waals surface area (Å²) in [7, 11) is 2.24. The van der Waals surface area contributed by atoms with Crippen molar-refractivity contribution < 1.29 is 23.9 Å². The van der Waals surface area contributed by atoms with E-state index in [-0.39, 0.29) is 6.42 Å². The Kier molecular flexibility index (Phi) is 5.23. The lowest BCUT2D eigenvalue weighted by Gasteiger charge is -2.29. The van der Waals surface area contributed by atoms with Gasteiger partial charge in [0.05, 0.1) is 14.2 Å². The summed E-state index contributed by atoms with van der Waals surface area (Å²) in [6.07, 6.45) is 5.27. The third-order valence-electron chi connectivity index (χ3n) is 2.49. The van der Waals surface area contributed by atoms with E-state index >= 15 is 0 Å². The van der Waals surface area contributed by atoms with Gasteiger partial charge in [0.25, 0.3) is 0 Å². The number of hydrogen-bond donors (Lipinski definition) is 0. The maximum absolute atomic E-state index is 11.6. The first kappa shape index (κ1) is 14.2. The highest BCUT2D eigenvalue weighted by Crippen LogP contribution is 2.33. The first-order valence-corrected chi connectivity index (χ1v) is 4.57. The first-order chi connectivity index (χ1) is 7.50. The van der Waals surface area contributed by atoms with Gasteiger partial charge in [0.2, 0.25) is 0 Å². The summed E-state index contributed by atoms with van der Waals surface area (Å²) in [4.78, 5) is 33.9. The molecule has 0 N–H and O–H groups in total. The average molecular weight is 226 g/mol. The zero-order valence-corrected chi connectivity index (χ0v) is 9.48. The van der Waals surface area contributed by atoms with Crippen molar-refractivity contribution in [1.82, 2.24) is 0 Å². The summed E-state index contributed by atoms with van der Waals surface area (Å²) in [5.74, 6) is -0.261. The van der Waals surface area contributed by atoms with E-state index in [1.165, 1.54) is 6.92 Å². The van der Waals surface area contributed by atoms with E-state index in [1.807, 2.05) is 0 Å². The minimum absolute atomic E-state index is 0.363. The molecule has 0 saturated heterocycles. The predicted octanol–water partition coefficient (Wildman–Crippen LogP) is 0.177. The number of carbonyl (C=O) groups is 3. The smallest absolute Gasteiger partial charge is 0.324 e. The SMILES string of the molecule is C#C[C@@H](C)C(CC=O)(C(=O)OC)C(=O)OC. The molecule has 5 nitrogen and oxygen atoms in total. The average Bonchev–Trinajstić information content (AvgIpc) is 2.32. The molecular weight excluding hydrogens is 212 g/mol. The monoisotopic (exact) mass is 226 g/mol. The maximum Gasteiger partial charge on any atom is 0.324 e. The van der Waals surface area contributed by atoms with Crippen LogP contribution in [0.25, 0.3) is 0 Å². The Labute approximate surface area is 94.1 Å². The van der Waals surface area contributed by atoms with Gasteiger partial charge in [-0.3, -0.25) is 9.59 Å². The number of esters is 2. The highest BCUT2D eigenvalue weighted by atomic mass is 16.5. The summed E-state index contributed by atoms with van der Waals surface area (Å²) in [5.41, 5.74) is -1.75. The molecule has 0 amide bonds. The van der Waals surface area contributed by atoms with E-state index < -0.39 is 23.3 Å². The molecule has 0 fully saturated rings. The summed E-state index contributed by atoms with van der Waals surface area (Å²) in [6.45, 7) is 1.48. The molecule has 0 unspecified atom stereocenters. The number of carbonyl (C=O) groups excluding carboxylic acids is 3. The van der Waals surface area contributed by atoms with Crippen LogP contribution >= 0.6 is 0 Å². The molecule has 5 heteroatoms. The van der Waals surface area contributed by atoms with E-state index in [0.29, 0.717) is 6.29 Å². The Bertz CT molecular complexity index is 310. The van der Waals surface area contributed by atoms with Crippen LogP contribution in [0.4, 0.5) is 0 Å². The van der Waals surface area contributed by atoms with Gasteiger partial charge in [-0.05, 0) is 6.92 Å². The number of ether oxygens (including phenoxy) is 2. The molecule has 0 aliphatic heterocycles. The molecule has 0 spiro atoms. The minimum atomic E-state index is -1.75. The molecule has 16 heavy (non-hydrogen) atoms. The molecule has 0 saturated carbocycles. The van der Waals surface area contributed by atoms with Crippen molar-refractivity contribution in [1.29, 1.82) is 0 Å². The molecular formula is C11H14O5. The standard InChI is InChI=1S/C11H14O5/c1-5-8(2)11(6-7-12,9(13)15-3)10(14)16-4/h1,7-8H,6H2,2-4H3/t8-/m1/s1. The third-order valence-corrected chi connectivity index (χ3v) is 2.49. The van der Waals surface area contributed by atoms with E-state index in [9.17, 15) is 14.4 Å². The zero-order valence-electron chi connectivity index (χ0n) is 9.48. The van der Waals surface area contributed by atoms with Crippen LogP contribution in [0.1, 0.15) is 13.3 Å². The number of methoxy groups -OCH3 is 2. The summed E-state index contributed by atoms with van der Waals surface area (Å²) < 4.78 is 9.04. The van der Waals surface area contributed by atoms with Crippen LogP contribution < -0.4 is 0 Å². The maximum atomic E-state index is 11.6. The van der Waals surface area contributed by atoms with Gasteiger partial charge in [0.15, 0.2) is 5.41 Å². The lowest BCUT2D eigenvalue weighted by molar-refractivity contribution is -0.172. The fraction of sp³-hybridized carbons (Fsp3) is 0.545. The van der Waals surface area contributed by atoms with Crippen molar-refractivity contribution >= 4 is 18.2 Å². The van der Waals surface area contributed by atoms with Gasteiger partial charge in [-0.25, -0.2) is 0 Å². The van der Waals surface area contributed by atoms with Gasteiger partial charge in [-0.1, -0.05) is 0 Å². The first-order valence-electron chi connectivity index (χ1n) is 4.57. The quantitative estimate of drug-likeness (QED) is 0.289. The molecule has 88 valence electrons. The van der Waals surface area contributed by atoms with Crippen LogP contribution in [-0.2, 0) is 23.9 Å². The van der Waals surface area contributed by atoms with Crippen molar-refractivity contribution in [2.45, 2.75) is 13.3 Å². The Morgan fingerprint density at radius 2 is 1.81 bits per heavy atom. The van der Waals surface area contributed by atoms with E-state index in [0.717, 1.165) is 14.2 Å². The van der Waals surface area contributed by atoms with Crippen LogP contribution in [0, 0.1) is 23.7 Å². The second-order valence-corrected chi connectivity index (χ2v) is 3.21. The molecule has 0 radical (unpaired) electrons. The van der Waals surface area contributed by atoms with Crippen LogP contribution in [0.3, 0.4) is 0 Å². The molecule has 0 aromatic heterocycles. The Balaban J connectivity index is 5.57. The largest absolute Gasteiger partial charge is 0.468 e. The lowest BCUT2D eigenvalue weighted by Crippen LogP contribution is -2.46. The van der Waals surface area contributed by atoms with Crippen molar-refractivity contribution in [3.05, 3.63) is 0 Å². The van der Waals surface area contributed by atoms with Gasteiger partial charge in [0.1, 0.15) is 6.29 Å². The topological polar surface area (TPSA) is 69.7 Å². The number of aldehydes is 1. The van der Waals surface area contributed by atoms with Crippen LogP contribution in [0.15, 0.2) is 0 Å². The highest BCUT2D eigenvalue weighted by molar-refractivity contribution is 6.02. The van der Waals surface area contributed by atoms with Gasteiger partial charge >= 0.3 is 11.9 Å². The molecule has 0 aliphatic carbocycles. The zero-order chi connectivity index (χ0) is 12.8. The number of terminal acetylenes is 1. The second-order valence-electron chi connectivity index (χ2n) is 3.21. The minimum Gasteiger partial charge on any atom is -0.468 e. The van der Waals surface area contributed by atoms with Crippen LogP contribution in [0.5, 0.6) is 0 Å². The third kappa shape index (κ3) is 2.22. The van der Waals surface area contributed by atoms with E-state index in [4.69, 9.17) is 6.42 Å². The molecule has 0 rings (SSSR count). The Hall–Kier alpha value is -1.83. The van der Waals surface area contributed by atoms with Crippen molar-refractivity contribution in [2.75, 3.05) is 14.2 Å². The van der Waals surface area contributed by atoms with Gasteiger partial charge in [-0.2, -0.15) is 0 Å². The summed E-state index contributed by atoms with van der Waals surface area (Å²) in [5, 5.41) is 0. The van der Waals surface area contributed by atoms with Crippen molar-refractivity contribution in [3.8, 4) is 12.3 Å². The van der Waals surface area contributed by atoms with Crippen molar-refractivity contribution in [3.63, 3.8) is 0 Å². The molecule has 0 aliphatic rings. The normalized spacial score (nSPS) is 12.1. The second kappa shape index (κ2) is 5.91. The predicted molar refractivity (Wildman–Crippen MR) is 55.1 cm³/mol. The van der Waals surface area contributed by atoms with E-state index in [1.54, 1.807) is 0 Å². The summed E-state index contributed by atoms with van der Waals surface area (Å²) in [6, 6.07) is 0. The lowest BCUT2D eigenvalue weighted by atomic mass is 9.74. The number of rotatable bonds is 5. The van der Waals surface area contributed by atoms with E-state index in [2.05, 4.69) is 15.4 Å². The molecule has 0 aromatic carbocycles. The van der Waals surface area contributed by atoms with Gasteiger partial charge in [-0.15, -0.1) is 12.3 Å². The summed E-state index contributed by atoms with van der Waals surface area (Å²) >= 11 is 0. The molecule has 1 atom stereocenters. The Morgan fingerprint density at radius 1 is 1.38 bits per heavy atom. The molecule has 0 bridgehead atoms. The van der Waals surface area contributed by atoms with Crippen LogP contribution in [0.2, 0.25) is 0 Å². The Morgan fingerprint density at radius 3 is 2.06 bits per heavy atom. The van der Waals surface area contributed by atoms with Gasteiger partial charge < -0.3 is 14.3 Å².